The molecule has 0 spiro atoms. The third-order valence-corrected chi connectivity index (χ3v) is 4.35. The summed E-state index contributed by atoms with van der Waals surface area (Å²) in [7, 11) is 0. The minimum Gasteiger partial charge on any atom is -0.494 e. The number of rotatable bonds is 4. The van der Waals surface area contributed by atoms with E-state index in [1.165, 1.54) is 0 Å². The van der Waals surface area contributed by atoms with Crippen LogP contribution in [0.25, 0.3) is 16.8 Å². The summed E-state index contributed by atoms with van der Waals surface area (Å²) in [5, 5.41) is 4.69. The van der Waals surface area contributed by atoms with E-state index in [9.17, 15) is 0 Å². The fourth-order valence-corrected chi connectivity index (χ4v) is 3.16. The molecule has 0 aliphatic carbocycles. The molecule has 1 unspecified atom stereocenters. The van der Waals surface area contributed by atoms with E-state index in [1.54, 1.807) is 6.20 Å². The van der Waals surface area contributed by atoms with Gasteiger partial charge in [-0.15, -0.1) is 0 Å². The van der Waals surface area contributed by atoms with Crippen molar-refractivity contribution in [3.05, 3.63) is 42.7 Å². The Labute approximate surface area is 140 Å². The lowest BCUT2D eigenvalue weighted by molar-refractivity contribution is 0.340. The first-order valence-electron chi connectivity index (χ1n) is 8.33. The van der Waals surface area contributed by atoms with Crippen LogP contribution < -0.4 is 15.4 Å². The smallest absolute Gasteiger partial charge is 0.154 e. The molecule has 0 saturated carbocycles. The summed E-state index contributed by atoms with van der Waals surface area (Å²) in [6, 6.07) is 10.3. The van der Waals surface area contributed by atoms with Crippen molar-refractivity contribution in [1.29, 1.82) is 0 Å². The van der Waals surface area contributed by atoms with Crippen molar-refractivity contribution < 1.29 is 4.74 Å². The van der Waals surface area contributed by atoms with Crippen LogP contribution in [-0.4, -0.2) is 40.3 Å². The Morgan fingerprint density at radius 3 is 2.83 bits per heavy atom. The van der Waals surface area contributed by atoms with E-state index in [-0.39, 0.29) is 6.04 Å². The van der Waals surface area contributed by atoms with Gasteiger partial charge in [-0.25, -0.2) is 9.50 Å². The maximum atomic E-state index is 6.04. The zero-order valence-corrected chi connectivity index (χ0v) is 13.7. The maximum Gasteiger partial charge on any atom is 0.154 e. The molecular formula is C18H21N5O. The summed E-state index contributed by atoms with van der Waals surface area (Å²) in [5.74, 6) is 1.83. The lowest BCUT2D eigenvalue weighted by Crippen LogP contribution is -2.27. The molecule has 0 bridgehead atoms. The van der Waals surface area contributed by atoms with Crippen LogP contribution in [0.5, 0.6) is 5.75 Å². The highest BCUT2D eigenvalue weighted by Gasteiger charge is 2.22. The van der Waals surface area contributed by atoms with Crippen molar-refractivity contribution in [3.8, 4) is 17.0 Å². The van der Waals surface area contributed by atoms with E-state index in [4.69, 9.17) is 10.5 Å². The molecule has 4 rings (SSSR count). The first-order chi connectivity index (χ1) is 11.7. The van der Waals surface area contributed by atoms with Crippen LogP contribution in [-0.2, 0) is 0 Å². The van der Waals surface area contributed by atoms with Crippen LogP contribution in [0.1, 0.15) is 13.3 Å². The first-order valence-corrected chi connectivity index (χ1v) is 8.33. The van der Waals surface area contributed by atoms with Crippen molar-refractivity contribution in [3.63, 3.8) is 0 Å². The van der Waals surface area contributed by atoms with Crippen molar-refractivity contribution in [2.24, 2.45) is 5.73 Å². The molecule has 3 aromatic rings. The van der Waals surface area contributed by atoms with Gasteiger partial charge in [0.15, 0.2) is 5.82 Å². The fraction of sp³-hybridized carbons (Fsp3) is 0.333. The molecule has 2 aromatic heterocycles. The Bertz CT molecular complexity index is 842. The Kier molecular flexibility index (Phi) is 3.82. The molecule has 6 heteroatoms. The molecular weight excluding hydrogens is 302 g/mol. The Morgan fingerprint density at radius 1 is 1.29 bits per heavy atom. The molecule has 1 fully saturated rings. The van der Waals surface area contributed by atoms with Crippen LogP contribution >= 0.6 is 0 Å². The Balaban J connectivity index is 1.70. The van der Waals surface area contributed by atoms with Gasteiger partial charge in [-0.3, -0.25) is 0 Å². The number of nitrogens with zero attached hydrogens (tertiary/aromatic N) is 4. The second-order valence-corrected chi connectivity index (χ2v) is 6.06. The van der Waals surface area contributed by atoms with Gasteiger partial charge in [0, 0.05) is 37.1 Å². The minimum absolute atomic E-state index is 0.223. The molecule has 1 aliphatic heterocycles. The second-order valence-electron chi connectivity index (χ2n) is 6.06. The van der Waals surface area contributed by atoms with Crippen LogP contribution in [0.2, 0.25) is 0 Å². The molecule has 0 radical (unpaired) electrons. The number of anilines is 1. The third-order valence-electron chi connectivity index (χ3n) is 4.35. The highest BCUT2D eigenvalue weighted by Crippen LogP contribution is 2.27. The number of hydrogen-bond acceptors (Lipinski definition) is 5. The monoisotopic (exact) mass is 323 g/mol. The highest BCUT2D eigenvalue weighted by molar-refractivity contribution is 5.75. The molecule has 3 heterocycles. The lowest BCUT2D eigenvalue weighted by Gasteiger charge is -2.17. The molecule has 1 aliphatic rings. The molecule has 24 heavy (non-hydrogen) atoms. The quantitative estimate of drug-likeness (QED) is 0.798. The zero-order valence-electron chi connectivity index (χ0n) is 13.7. The topological polar surface area (TPSA) is 68.7 Å². The molecule has 1 saturated heterocycles. The van der Waals surface area contributed by atoms with Gasteiger partial charge in [0.2, 0.25) is 0 Å². The van der Waals surface area contributed by atoms with E-state index in [0.717, 1.165) is 47.9 Å². The summed E-state index contributed by atoms with van der Waals surface area (Å²) in [6.45, 7) is 4.43. The average molecular weight is 323 g/mol. The number of benzene rings is 1. The van der Waals surface area contributed by atoms with Crippen LogP contribution in [0.3, 0.4) is 0 Å². The van der Waals surface area contributed by atoms with Gasteiger partial charge in [0.05, 0.1) is 12.3 Å². The van der Waals surface area contributed by atoms with Crippen LogP contribution in [0.15, 0.2) is 42.7 Å². The van der Waals surface area contributed by atoms with E-state index >= 15 is 0 Å². The van der Waals surface area contributed by atoms with E-state index < -0.39 is 0 Å². The number of nitrogens with two attached hydrogens (primary N) is 1. The lowest BCUT2D eigenvalue weighted by atomic mass is 10.1. The number of fused-ring (bicyclic) bond motifs is 1. The first kappa shape index (κ1) is 15.0. The maximum absolute atomic E-state index is 6.04. The minimum atomic E-state index is 0.223. The van der Waals surface area contributed by atoms with Crippen LogP contribution in [0.4, 0.5) is 5.82 Å². The average Bonchev–Trinajstić information content (AvgIpc) is 3.21. The van der Waals surface area contributed by atoms with Gasteiger partial charge >= 0.3 is 0 Å². The summed E-state index contributed by atoms with van der Waals surface area (Å²) < 4.78 is 7.39. The largest absolute Gasteiger partial charge is 0.494 e. The number of ether oxygens (including phenoxy) is 1. The summed E-state index contributed by atoms with van der Waals surface area (Å²) in [4.78, 5) is 6.80. The highest BCUT2D eigenvalue weighted by atomic mass is 16.5. The van der Waals surface area contributed by atoms with Crippen molar-refractivity contribution in [2.45, 2.75) is 19.4 Å². The summed E-state index contributed by atoms with van der Waals surface area (Å²) in [5.41, 5.74) is 9.04. The molecule has 6 nitrogen and oxygen atoms in total. The van der Waals surface area contributed by atoms with Crippen molar-refractivity contribution in [2.75, 3.05) is 24.6 Å². The summed E-state index contributed by atoms with van der Waals surface area (Å²) in [6.07, 6.45) is 4.68. The third kappa shape index (κ3) is 2.69. The predicted molar refractivity (Wildman–Crippen MR) is 94.4 cm³/mol. The Hall–Kier alpha value is -2.60. The number of hydrogen-bond donors (Lipinski definition) is 1. The zero-order chi connectivity index (χ0) is 16.5. The number of aromatic nitrogens is 3. The van der Waals surface area contributed by atoms with Gasteiger partial charge < -0.3 is 15.4 Å². The van der Waals surface area contributed by atoms with Gasteiger partial charge in [-0.05, 0) is 43.7 Å². The van der Waals surface area contributed by atoms with Gasteiger partial charge in [0.25, 0.3) is 0 Å². The molecule has 1 atom stereocenters. The van der Waals surface area contributed by atoms with Crippen LogP contribution in [0, 0.1) is 0 Å². The summed E-state index contributed by atoms with van der Waals surface area (Å²) >= 11 is 0. The standard InChI is InChI=1S/C18H21N5O/c1-2-24-15-5-3-13(4-6-15)16-11-17-18(20-8-10-23(17)21-16)22-9-7-14(19)12-22/h3-6,8,10-11,14H,2,7,9,12,19H2,1H3. The van der Waals surface area contributed by atoms with Gasteiger partial charge in [-0.2, -0.15) is 5.10 Å². The second kappa shape index (κ2) is 6.13. The molecule has 2 N–H and O–H groups in total. The Morgan fingerprint density at radius 2 is 2.12 bits per heavy atom. The van der Waals surface area contributed by atoms with E-state index in [1.807, 2.05) is 41.9 Å². The molecule has 124 valence electrons. The molecule has 0 amide bonds. The van der Waals surface area contributed by atoms with Crippen molar-refractivity contribution in [1.82, 2.24) is 14.6 Å². The van der Waals surface area contributed by atoms with E-state index in [0.29, 0.717) is 6.61 Å². The normalized spacial score (nSPS) is 17.6. The predicted octanol–water partition coefficient (Wildman–Crippen LogP) is 2.33. The van der Waals surface area contributed by atoms with E-state index in [2.05, 4.69) is 21.0 Å². The van der Waals surface area contributed by atoms with Crippen molar-refractivity contribution >= 4 is 11.3 Å². The SMILES string of the molecule is CCOc1ccc(-c2cc3c(N4CCC(N)C4)nccn3n2)cc1. The van der Waals surface area contributed by atoms with Gasteiger partial charge in [0.1, 0.15) is 11.3 Å². The van der Waals surface area contributed by atoms with Gasteiger partial charge in [-0.1, -0.05) is 0 Å². The fourth-order valence-electron chi connectivity index (χ4n) is 3.16. The molecule has 1 aromatic carbocycles.